The lowest BCUT2D eigenvalue weighted by atomic mass is 10.2. The van der Waals surface area contributed by atoms with E-state index in [0.717, 1.165) is 16.5 Å². The number of amides is 1. The molecule has 7 nitrogen and oxygen atoms in total. The molecule has 0 N–H and O–H groups in total. The largest absolute Gasteiger partial charge is 0.494 e. The smallest absolute Gasteiger partial charge is 0.260 e. The Balaban J connectivity index is 1.84. The number of aryl methyl sites for hydroxylation is 1. The van der Waals surface area contributed by atoms with Crippen LogP contribution in [-0.4, -0.2) is 37.7 Å². The van der Waals surface area contributed by atoms with Crippen LogP contribution >= 0.6 is 11.3 Å². The maximum Gasteiger partial charge on any atom is 0.260 e. The number of aromatic nitrogens is 2. The Morgan fingerprint density at radius 3 is 2.62 bits per heavy atom. The van der Waals surface area contributed by atoms with Gasteiger partial charge in [-0.2, -0.15) is 0 Å². The Hall–Kier alpha value is -3.30. The van der Waals surface area contributed by atoms with Gasteiger partial charge in [0, 0.05) is 18.0 Å². The van der Waals surface area contributed by atoms with Gasteiger partial charge in [-0.1, -0.05) is 29.5 Å². The summed E-state index contributed by atoms with van der Waals surface area (Å²) < 4.78 is 30.4. The van der Waals surface area contributed by atoms with Gasteiger partial charge in [0.1, 0.15) is 11.3 Å². The van der Waals surface area contributed by atoms with Crippen molar-refractivity contribution in [2.45, 2.75) is 18.4 Å². The topological polar surface area (TPSA) is 89.5 Å². The van der Waals surface area contributed by atoms with Crippen molar-refractivity contribution in [3.05, 3.63) is 77.6 Å². The summed E-state index contributed by atoms with van der Waals surface area (Å²) in [5.41, 5.74) is 2.64. The van der Waals surface area contributed by atoms with Crippen molar-refractivity contribution < 1.29 is 17.9 Å². The summed E-state index contributed by atoms with van der Waals surface area (Å²) >= 11 is 1.38. The summed E-state index contributed by atoms with van der Waals surface area (Å²) in [6, 6.07) is 15.3. The van der Waals surface area contributed by atoms with E-state index in [1.165, 1.54) is 28.4 Å². The lowest BCUT2D eigenvalue weighted by Crippen LogP contribution is -2.30. The Morgan fingerprint density at radius 1 is 1.12 bits per heavy atom. The molecule has 1 amide bonds. The minimum atomic E-state index is -3.46. The van der Waals surface area contributed by atoms with Gasteiger partial charge in [0.2, 0.25) is 0 Å². The molecule has 0 radical (unpaired) electrons. The molecule has 4 aromatic rings. The summed E-state index contributed by atoms with van der Waals surface area (Å²) in [5.74, 6) is 0.259. The number of fused-ring (bicyclic) bond motifs is 1. The van der Waals surface area contributed by atoms with E-state index in [4.69, 9.17) is 9.72 Å². The molecule has 0 aliphatic heterocycles. The van der Waals surface area contributed by atoms with Crippen molar-refractivity contribution in [3.63, 3.8) is 0 Å². The first-order valence-corrected chi connectivity index (χ1v) is 12.4. The van der Waals surface area contributed by atoms with Gasteiger partial charge >= 0.3 is 0 Å². The molecule has 0 fully saturated rings. The van der Waals surface area contributed by atoms with E-state index in [2.05, 4.69) is 4.98 Å². The minimum Gasteiger partial charge on any atom is -0.494 e. The van der Waals surface area contributed by atoms with Crippen LogP contribution in [0.1, 0.15) is 21.6 Å². The third-order valence-electron chi connectivity index (χ3n) is 4.94. The number of thiazole rings is 1. The fourth-order valence-electron chi connectivity index (χ4n) is 3.27. The third-order valence-corrected chi connectivity index (χ3v) is 7.27. The van der Waals surface area contributed by atoms with Gasteiger partial charge < -0.3 is 4.74 Å². The molecule has 0 aliphatic rings. The Kier molecular flexibility index (Phi) is 5.94. The van der Waals surface area contributed by atoms with Crippen molar-refractivity contribution in [3.8, 4) is 5.75 Å². The van der Waals surface area contributed by atoms with Crippen LogP contribution in [0, 0.1) is 6.92 Å². The number of benzene rings is 2. The van der Waals surface area contributed by atoms with E-state index in [0.29, 0.717) is 22.1 Å². The molecule has 2 heterocycles. The van der Waals surface area contributed by atoms with Crippen molar-refractivity contribution in [1.29, 1.82) is 0 Å². The second-order valence-electron chi connectivity index (χ2n) is 7.27. The number of pyridine rings is 1. The van der Waals surface area contributed by atoms with Gasteiger partial charge in [-0.3, -0.25) is 14.7 Å². The molecular formula is C23H21N3O4S2. The number of carbonyl (C=O) groups excluding carboxylic acids is 1. The van der Waals surface area contributed by atoms with E-state index in [1.54, 1.807) is 31.5 Å². The van der Waals surface area contributed by atoms with E-state index < -0.39 is 9.84 Å². The highest BCUT2D eigenvalue weighted by Gasteiger charge is 2.24. The molecule has 0 bridgehead atoms. The van der Waals surface area contributed by atoms with E-state index >= 15 is 0 Å². The Bertz CT molecular complexity index is 1400. The van der Waals surface area contributed by atoms with Gasteiger partial charge in [0.15, 0.2) is 15.0 Å². The summed E-state index contributed by atoms with van der Waals surface area (Å²) in [6.07, 6.45) is 2.78. The van der Waals surface area contributed by atoms with Gasteiger partial charge in [0.25, 0.3) is 5.91 Å². The Labute approximate surface area is 190 Å². The molecule has 2 aromatic heterocycles. The highest BCUT2D eigenvalue weighted by Crippen LogP contribution is 2.37. The second-order valence-corrected chi connectivity index (χ2v) is 10.3. The van der Waals surface area contributed by atoms with Gasteiger partial charge in [0.05, 0.1) is 28.9 Å². The first-order chi connectivity index (χ1) is 15.3. The number of ether oxygens (including phenoxy) is 1. The normalized spacial score (nSPS) is 11.5. The molecule has 0 atom stereocenters. The molecule has 0 aliphatic carbocycles. The van der Waals surface area contributed by atoms with E-state index in [1.807, 2.05) is 31.2 Å². The monoisotopic (exact) mass is 467 g/mol. The van der Waals surface area contributed by atoms with Crippen molar-refractivity contribution in [2.75, 3.05) is 18.3 Å². The van der Waals surface area contributed by atoms with Crippen molar-refractivity contribution in [2.24, 2.45) is 0 Å². The molecule has 32 heavy (non-hydrogen) atoms. The first kappa shape index (κ1) is 21.9. The van der Waals surface area contributed by atoms with Crippen LogP contribution in [0.4, 0.5) is 5.13 Å². The molecule has 0 unspecified atom stereocenters. The molecule has 4 rings (SSSR count). The average molecular weight is 468 g/mol. The summed E-state index contributed by atoms with van der Waals surface area (Å²) in [5, 5.41) is 0.480. The molecule has 9 heteroatoms. The lowest BCUT2D eigenvalue weighted by Gasteiger charge is -2.20. The van der Waals surface area contributed by atoms with E-state index in [-0.39, 0.29) is 22.9 Å². The molecular weight excluding hydrogens is 446 g/mol. The van der Waals surface area contributed by atoms with Gasteiger partial charge in [-0.15, -0.1) is 0 Å². The van der Waals surface area contributed by atoms with Crippen LogP contribution in [0.2, 0.25) is 0 Å². The van der Waals surface area contributed by atoms with Crippen LogP contribution in [0.5, 0.6) is 5.75 Å². The molecule has 164 valence electrons. The van der Waals surface area contributed by atoms with E-state index in [9.17, 15) is 13.2 Å². The number of sulfone groups is 1. The summed E-state index contributed by atoms with van der Waals surface area (Å²) in [4.78, 5) is 24.2. The number of anilines is 1. The van der Waals surface area contributed by atoms with Crippen LogP contribution in [0.3, 0.4) is 0 Å². The molecule has 2 aromatic carbocycles. The van der Waals surface area contributed by atoms with Crippen LogP contribution in [0.15, 0.2) is 65.7 Å². The van der Waals surface area contributed by atoms with Crippen LogP contribution < -0.4 is 9.64 Å². The number of methoxy groups -OCH3 is 1. The average Bonchev–Trinajstić information content (AvgIpc) is 3.24. The zero-order valence-electron chi connectivity index (χ0n) is 17.8. The highest BCUT2D eigenvalue weighted by molar-refractivity contribution is 7.90. The predicted molar refractivity (Wildman–Crippen MR) is 125 cm³/mol. The van der Waals surface area contributed by atoms with Gasteiger partial charge in [-0.05, 0) is 48.9 Å². The maximum atomic E-state index is 13.6. The fraction of sp³-hybridized carbons (Fsp3) is 0.174. The number of nitrogens with zero attached hydrogens (tertiary/aromatic N) is 3. The molecule has 0 saturated heterocycles. The van der Waals surface area contributed by atoms with Crippen LogP contribution in [0.25, 0.3) is 10.2 Å². The number of hydrogen-bond donors (Lipinski definition) is 0. The van der Waals surface area contributed by atoms with Crippen molar-refractivity contribution >= 4 is 42.4 Å². The number of rotatable bonds is 6. The predicted octanol–water partition coefficient (Wildman–Crippen LogP) is 4.26. The summed E-state index contributed by atoms with van der Waals surface area (Å²) in [7, 11) is -1.88. The summed E-state index contributed by atoms with van der Waals surface area (Å²) in [6.45, 7) is 2.16. The SMILES string of the molecule is COc1ccc(C)c2sc(N(Cc3ccccn3)C(=O)c3cccc(S(C)(=O)=O)c3)nc12. The minimum absolute atomic E-state index is 0.0861. The molecule has 0 spiro atoms. The fourth-order valence-corrected chi connectivity index (χ4v) is 4.99. The van der Waals surface area contributed by atoms with Gasteiger partial charge in [-0.25, -0.2) is 13.4 Å². The molecule has 0 saturated carbocycles. The lowest BCUT2D eigenvalue weighted by molar-refractivity contribution is 0.0984. The second kappa shape index (κ2) is 8.68. The first-order valence-electron chi connectivity index (χ1n) is 9.74. The quantitative estimate of drug-likeness (QED) is 0.421. The Morgan fingerprint density at radius 2 is 1.94 bits per heavy atom. The third kappa shape index (κ3) is 4.35. The zero-order chi connectivity index (χ0) is 22.9. The van der Waals surface area contributed by atoms with Crippen LogP contribution in [-0.2, 0) is 16.4 Å². The standard InChI is InChI=1S/C23H21N3O4S2/c1-15-10-11-19(30-2)20-21(15)31-23(25-20)26(14-17-8-4-5-12-24-17)22(27)16-7-6-9-18(13-16)32(3,28)29/h4-13H,14H2,1-3H3. The van der Waals surface area contributed by atoms with Crippen molar-refractivity contribution in [1.82, 2.24) is 9.97 Å². The number of hydrogen-bond acceptors (Lipinski definition) is 7. The number of carbonyl (C=O) groups is 1. The highest BCUT2D eigenvalue weighted by atomic mass is 32.2. The maximum absolute atomic E-state index is 13.6. The zero-order valence-corrected chi connectivity index (χ0v) is 19.4.